The second-order valence-electron chi connectivity index (χ2n) is 2.92. The van der Waals surface area contributed by atoms with Gasteiger partial charge in [0.2, 0.25) is 11.9 Å². The van der Waals surface area contributed by atoms with Crippen LogP contribution in [0.2, 0.25) is 0 Å². The van der Waals surface area contributed by atoms with Gasteiger partial charge in [-0.1, -0.05) is 0 Å². The molecule has 0 unspecified atom stereocenters. The van der Waals surface area contributed by atoms with E-state index in [9.17, 15) is 4.79 Å². The first-order valence-corrected chi connectivity index (χ1v) is 4.81. The van der Waals surface area contributed by atoms with Gasteiger partial charge in [0.05, 0.1) is 6.42 Å². The zero-order valence-electron chi connectivity index (χ0n) is 8.68. The van der Waals surface area contributed by atoms with Crippen LogP contribution in [0.3, 0.4) is 0 Å². The Morgan fingerprint density at radius 1 is 1.31 bits per heavy atom. The lowest BCUT2D eigenvalue weighted by molar-refractivity contribution is -0.136. The van der Waals surface area contributed by atoms with Crippen LogP contribution >= 0.6 is 0 Å². The van der Waals surface area contributed by atoms with Crippen LogP contribution in [0.1, 0.15) is 6.42 Å². The first-order chi connectivity index (χ1) is 7.72. The summed E-state index contributed by atoms with van der Waals surface area (Å²) in [4.78, 5) is 22.0. The van der Waals surface area contributed by atoms with Gasteiger partial charge in [-0.05, 0) is 0 Å². The maximum absolute atomic E-state index is 10.3. The highest BCUT2D eigenvalue weighted by molar-refractivity contribution is 5.67. The highest BCUT2D eigenvalue weighted by Gasteiger charge is 2.00. The van der Waals surface area contributed by atoms with Crippen molar-refractivity contribution in [2.45, 2.75) is 6.42 Å². The second kappa shape index (κ2) is 6.51. The smallest absolute Gasteiger partial charge is 0.305 e. The molecule has 8 heteroatoms. The average molecular weight is 226 g/mol. The highest BCUT2D eigenvalue weighted by Crippen LogP contribution is 2.00. The Hall–Kier alpha value is -1.96. The van der Waals surface area contributed by atoms with E-state index >= 15 is 0 Å². The third-order valence-corrected chi connectivity index (χ3v) is 1.62. The molecular formula is C8H14N6O2. The Balaban J connectivity index is 2.43. The molecule has 8 nitrogen and oxygen atoms in total. The van der Waals surface area contributed by atoms with E-state index in [4.69, 9.17) is 10.8 Å². The van der Waals surface area contributed by atoms with Crippen molar-refractivity contribution < 1.29 is 9.90 Å². The molecule has 0 bridgehead atoms. The SMILES string of the molecule is NCCNc1ncnc(NCCC(=O)O)n1. The van der Waals surface area contributed by atoms with E-state index < -0.39 is 5.97 Å². The molecule has 1 rings (SSSR count). The largest absolute Gasteiger partial charge is 0.481 e. The number of hydrogen-bond acceptors (Lipinski definition) is 7. The molecule has 0 aliphatic heterocycles. The summed E-state index contributed by atoms with van der Waals surface area (Å²) in [6.07, 6.45) is 1.35. The molecule has 1 aromatic rings. The Morgan fingerprint density at radius 2 is 1.94 bits per heavy atom. The summed E-state index contributed by atoms with van der Waals surface area (Å²) < 4.78 is 0. The zero-order valence-corrected chi connectivity index (χ0v) is 8.68. The van der Waals surface area contributed by atoms with Crippen LogP contribution in [0, 0.1) is 0 Å². The monoisotopic (exact) mass is 226 g/mol. The van der Waals surface area contributed by atoms with Crippen LogP contribution in [0.4, 0.5) is 11.9 Å². The van der Waals surface area contributed by atoms with Crippen molar-refractivity contribution in [3.05, 3.63) is 6.33 Å². The minimum Gasteiger partial charge on any atom is -0.481 e. The zero-order chi connectivity index (χ0) is 11.8. The third-order valence-electron chi connectivity index (χ3n) is 1.62. The van der Waals surface area contributed by atoms with E-state index in [2.05, 4.69) is 25.6 Å². The Morgan fingerprint density at radius 3 is 2.50 bits per heavy atom. The number of carboxylic acids is 1. The van der Waals surface area contributed by atoms with E-state index in [1.807, 2.05) is 0 Å². The maximum atomic E-state index is 10.3. The van der Waals surface area contributed by atoms with Crippen molar-refractivity contribution in [2.75, 3.05) is 30.3 Å². The molecule has 0 aliphatic carbocycles. The summed E-state index contributed by atoms with van der Waals surface area (Å²) in [5, 5.41) is 14.1. The minimum atomic E-state index is -0.872. The Labute approximate surface area is 92.3 Å². The van der Waals surface area contributed by atoms with E-state index in [-0.39, 0.29) is 13.0 Å². The van der Waals surface area contributed by atoms with Crippen LogP contribution in [0.5, 0.6) is 0 Å². The summed E-state index contributed by atoms with van der Waals surface area (Å²) in [5.41, 5.74) is 5.31. The molecule has 0 spiro atoms. The molecule has 16 heavy (non-hydrogen) atoms. The molecule has 0 saturated carbocycles. The molecule has 88 valence electrons. The van der Waals surface area contributed by atoms with Gasteiger partial charge in [0.15, 0.2) is 0 Å². The maximum Gasteiger partial charge on any atom is 0.305 e. The third kappa shape index (κ3) is 4.51. The van der Waals surface area contributed by atoms with Crippen LogP contribution in [0.25, 0.3) is 0 Å². The fourth-order valence-electron chi connectivity index (χ4n) is 0.932. The molecule has 0 amide bonds. The van der Waals surface area contributed by atoms with Gasteiger partial charge in [0, 0.05) is 19.6 Å². The summed E-state index contributed by atoms with van der Waals surface area (Å²) in [6, 6.07) is 0. The lowest BCUT2D eigenvalue weighted by Gasteiger charge is -2.05. The van der Waals surface area contributed by atoms with Gasteiger partial charge in [-0.2, -0.15) is 4.98 Å². The Bertz CT molecular complexity index is 345. The molecule has 1 heterocycles. The average Bonchev–Trinajstić information content (AvgIpc) is 2.26. The molecular weight excluding hydrogens is 212 g/mol. The topological polar surface area (TPSA) is 126 Å². The molecule has 0 aromatic carbocycles. The first kappa shape index (κ1) is 12.1. The fourth-order valence-corrected chi connectivity index (χ4v) is 0.932. The summed E-state index contributed by atoms with van der Waals surface area (Å²) in [7, 11) is 0. The fraction of sp³-hybridized carbons (Fsp3) is 0.500. The van der Waals surface area contributed by atoms with E-state index in [1.54, 1.807) is 0 Å². The van der Waals surface area contributed by atoms with Crippen LogP contribution in [0.15, 0.2) is 6.33 Å². The van der Waals surface area contributed by atoms with Crippen LogP contribution in [-0.2, 0) is 4.79 Å². The van der Waals surface area contributed by atoms with Crippen molar-refractivity contribution in [1.82, 2.24) is 15.0 Å². The van der Waals surface area contributed by atoms with Gasteiger partial charge >= 0.3 is 5.97 Å². The van der Waals surface area contributed by atoms with Gasteiger partial charge in [-0.15, -0.1) is 0 Å². The molecule has 0 saturated heterocycles. The van der Waals surface area contributed by atoms with Gasteiger partial charge in [-0.25, -0.2) is 9.97 Å². The number of anilines is 2. The highest BCUT2D eigenvalue weighted by atomic mass is 16.4. The quantitative estimate of drug-likeness (QED) is 0.472. The normalized spacial score (nSPS) is 9.81. The number of aromatic nitrogens is 3. The number of hydrogen-bond donors (Lipinski definition) is 4. The molecule has 0 aliphatic rings. The number of rotatable bonds is 7. The van der Waals surface area contributed by atoms with Crippen molar-refractivity contribution >= 4 is 17.9 Å². The molecule has 0 radical (unpaired) electrons. The summed E-state index contributed by atoms with van der Waals surface area (Å²) in [5.74, 6) is -0.114. The predicted octanol–water partition coefficient (Wildman–Crippen LogP) is -0.871. The van der Waals surface area contributed by atoms with Crippen LogP contribution < -0.4 is 16.4 Å². The van der Waals surface area contributed by atoms with Crippen molar-refractivity contribution in [3.8, 4) is 0 Å². The summed E-state index contributed by atoms with van der Waals surface area (Å²) in [6.45, 7) is 1.32. The van der Waals surface area contributed by atoms with Crippen molar-refractivity contribution in [3.63, 3.8) is 0 Å². The second-order valence-corrected chi connectivity index (χ2v) is 2.92. The van der Waals surface area contributed by atoms with Gasteiger partial charge < -0.3 is 21.5 Å². The summed E-state index contributed by atoms with van der Waals surface area (Å²) >= 11 is 0. The molecule has 0 atom stereocenters. The standard InChI is InChI=1S/C8H14N6O2/c9-2-4-11-8-13-5-12-7(14-8)10-3-1-6(15)16/h5H,1-4,9H2,(H,15,16)(H2,10,11,12,13,14). The number of nitrogens with zero attached hydrogens (tertiary/aromatic N) is 3. The van der Waals surface area contributed by atoms with E-state index in [0.717, 1.165) is 0 Å². The number of carboxylic acid groups (broad SMARTS) is 1. The lowest BCUT2D eigenvalue weighted by atomic mass is 10.4. The molecule has 0 fully saturated rings. The lowest BCUT2D eigenvalue weighted by Crippen LogP contribution is -2.16. The molecule has 1 aromatic heterocycles. The number of aliphatic carboxylic acids is 1. The van der Waals surface area contributed by atoms with Gasteiger partial charge in [-0.3, -0.25) is 4.79 Å². The van der Waals surface area contributed by atoms with Crippen molar-refractivity contribution in [2.24, 2.45) is 5.73 Å². The number of nitrogens with one attached hydrogen (secondary N) is 2. The first-order valence-electron chi connectivity index (χ1n) is 4.81. The molecule has 5 N–H and O–H groups in total. The van der Waals surface area contributed by atoms with Crippen molar-refractivity contribution in [1.29, 1.82) is 0 Å². The number of nitrogens with two attached hydrogens (primary N) is 1. The Kier molecular flexibility index (Phi) is 4.93. The number of carbonyl (C=O) groups is 1. The minimum absolute atomic E-state index is 0.0112. The van der Waals surface area contributed by atoms with Crippen LogP contribution in [-0.4, -0.2) is 45.7 Å². The van der Waals surface area contributed by atoms with E-state index in [1.165, 1.54) is 6.33 Å². The predicted molar refractivity (Wildman–Crippen MR) is 58.1 cm³/mol. The van der Waals surface area contributed by atoms with Gasteiger partial charge in [0.25, 0.3) is 0 Å². The van der Waals surface area contributed by atoms with E-state index in [0.29, 0.717) is 25.0 Å². The van der Waals surface area contributed by atoms with Gasteiger partial charge in [0.1, 0.15) is 6.33 Å².